The van der Waals surface area contributed by atoms with E-state index >= 15 is 0 Å². The molecule has 0 heterocycles. The second-order valence-corrected chi connectivity index (χ2v) is 6.27. The van der Waals surface area contributed by atoms with Gasteiger partial charge in [-0.2, -0.15) is 8.78 Å². The molecule has 2 fully saturated rings. The molecule has 2 aliphatic carbocycles. The number of hydrogen-bond acceptors (Lipinski definition) is 2. The van der Waals surface area contributed by atoms with Gasteiger partial charge in [-0.05, 0) is 25.7 Å². The standard InChI is InChI=1S/C14H18F8O2/c15-7-5-10(16)12(11(17)6-7)13(18,19)23-8-1-3-9(4-2-8)24-14(20,21)22/h7-12H,1-6H2. The number of halogens is 8. The third-order valence-electron chi connectivity index (χ3n) is 4.37. The van der Waals surface area contributed by atoms with E-state index in [1.165, 1.54) is 0 Å². The Hall–Kier alpha value is -0.640. The van der Waals surface area contributed by atoms with E-state index < -0.39 is 62.0 Å². The van der Waals surface area contributed by atoms with Crippen molar-refractivity contribution in [2.45, 2.75) is 81.7 Å². The van der Waals surface area contributed by atoms with Crippen LogP contribution < -0.4 is 0 Å². The van der Waals surface area contributed by atoms with Gasteiger partial charge in [-0.3, -0.25) is 4.74 Å². The van der Waals surface area contributed by atoms with E-state index in [1.54, 1.807) is 0 Å². The highest BCUT2D eigenvalue weighted by Crippen LogP contribution is 2.43. The molecule has 0 spiro atoms. The van der Waals surface area contributed by atoms with Crippen LogP contribution in [0.25, 0.3) is 0 Å². The molecule has 0 amide bonds. The highest BCUT2D eigenvalue weighted by molar-refractivity contribution is 4.92. The summed E-state index contributed by atoms with van der Waals surface area (Å²) in [6.45, 7) is 0. The van der Waals surface area contributed by atoms with Gasteiger partial charge in [-0.15, -0.1) is 13.2 Å². The number of alkyl halides is 8. The van der Waals surface area contributed by atoms with Crippen LogP contribution in [0.15, 0.2) is 0 Å². The van der Waals surface area contributed by atoms with Crippen molar-refractivity contribution in [2.75, 3.05) is 0 Å². The lowest BCUT2D eigenvalue weighted by Gasteiger charge is -2.38. The van der Waals surface area contributed by atoms with Crippen LogP contribution >= 0.6 is 0 Å². The lowest BCUT2D eigenvalue weighted by molar-refractivity contribution is -0.352. The molecular weight excluding hydrogens is 352 g/mol. The molecular formula is C14H18F8O2. The minimum atomic E-state index is -4.81. The zero-order valence-corrected chi connectivity index (χ0v) is 12.5. The van der Waals surface area contributed by atoms with Gasteiger partial charge < -0.3 is 4.74 Å². The molecule has 0 radical (unpaired) electrons. The summed E-state index contributed by atoms with van der Waals surface area (Å²) in [4.78, 5) is 0. The maximum atomic E-state index is 14.1. The van der Waals surface area contributed by atoms with E-state index in [4.69, 9.17) is 0 Å². The predicted molar refractivity (Wildman–Crippen MR) is 66.6 cm³/mol. The van der Waals surface area contributed by atoms with Crippen molar-refractivity contribution in [3.05, 3.63) is 0 Å². The number of rotatable bonds is 4. The fourth-order valence-electron chi connectivity index (χ4n) is 3.28. The molecule has 2 rings (SSSR count). The monoisotopic (exact) mass is 370 g/mol. The van der Waals surface area contributed by atoms with Crippen LogP contribution in [0.1, 0.15) is 38.5 Å². The molecule has 0 aliphatic heterocycles. The maximum absolute atomic E-state index is 14.1. The number of hydrogen-bond donors (Lipinski definition) is 0. The molecule has 142 valence electrons. The summed E-state index contributed by atoms with van der Waals surface area (Å²) in [5.41, 5.74) is 0. The Labute approximate surface area is 133 Å². The topological polar surface area (TPSA) is 18.5 Å². The number of ether oxygens (including phenoxy) is 2. The third kappa shape index (κ3) is 5.18. The second-order valence-electron chi connectivity index (χ2n) is 6.27. The molecule has 0 bridgehead atoms. The summed E-state index contributed by atoms with van der Waals surface area (Å²) >= 11 is 0. The molecule has 10 heteroatoms. The molecule has 0 aromatic rings. The largest absolute Gasteiger partial charge is 0.522 e. The zero-order valence-electron chi connectivity index (χ0n) is 12.5. The summed E-state index contributed by atoms with van der Waals surface area (Å²) < 4.78 is 113. The SMILES string of the molecule is FC1CC(F)C(C(F)(F)OC2CCC(OC(F)(F)F)CC2)C(F)C1. The van der Waals surface area contributed by atoms with Gasteiger partial charge in [-0.25, -0.2) is 13.2 Å². The normalized spacial score (nSPS) is 39.0. The lowest BCUT2D eigenvalue weighted by atomic mass is 9.83. The summed E-state index contributed by atoms with van der Waals surface area (Å²) in [7, 11) is 0. The van der Waals surface area contributed by atoms with E-state index in [0.717, 1.165) is 0 Å². The molecule has 2 unspecified atom stereocenters. The Bertz CT molecular complexity index is 396. The molecule has 2 nitrogen and oxygen atoms in total. The van der Waals surface area contributed by atoms with Crippen LogP contribution in [-0.4, -0.2) is 43.2 Å². The first-order valence-corrected chi connectivity index (χ1v) is 7.70. The fraction of sp³-hybridized carbons (Fsp3) is 1.00. The van der Waals surface area contributed by atoms with Gasteiger partial charge in [0.15, 0.2) is 0 Å². The molecule has 24 heavy (non-hydrogen) atoms. The smallest absolute Gasteiger partial charge is 0.317 e. The molecule has 0 saturated heterocycles. The average Bonchev–Trinajstić information content (AvgIpc) is 2.37. The Morgan fingerprint density at radius 3 is 1.50 bits per heavy atom. The molecule has 2 saturated carbocycles. The van der Waals surface area contributed by atoms with Gasteiger partial charge in [-0.1, -0.05) is 0 Å². The Balaban J connectivity index is 1.89. The van der Waals surface area contributed by atoms with Crippen molar-refractivity contribution in [2.24, 2.45) is 5.92 Å². The third-order valence-corrected chi connectivity index (χ3v) is 4.37. The van der Waals surface area contributed by atoms with Crippen LogP contribution in [0.5, 0.6) is 0 Å². The van der Waals surface area contributed by atoms with E-state index in [1.807, 2.05) is 0 Å². The van der Waals surface area contributed by atoms with Gasteiger partial charge in [0.1, 0.15) is 24.4 Å². The van der Waals surface area contributed by atoms with Crippen molar-refractivity contribution in [1.29, 1.82) is 0 Å². The summed E-state index contributed by atoms with van der Waals surface area (Å²) in [5, 5.41) is 0. The van der Waals surface area contributed by atoms with Crippen LogP contribution in [0.3, 0.4) is 0 Å². The molecule has 2 atom stereocenters. The van der Waals surface area contributed by atoms with Crippen LogP contribution in [-0.2, 0) is 9.47 Å². The highest BCUT2D eigenvalue weighted by atomic mass is 19.4. The second kappa shape index (κ2) is 7.31. The summed E-state index contributed by atoms with van der Waals surface area (Å²) in [5.74, 6) is -2.41. The van der Waals surface area contributed by atoms with E-state index in [9.17, 15) is 35.1 Å². The summed E-state index contributed by atoms with van der Waals surface area (Å²) in [6.07, 6.45) is -20.1. The van der Waals surface area contributed by atoms with Gasteiger partial charge in [0, 0.05) is 12.8 Å². The van der Waals surface area contributed by atoms with Crippen molar-refractivity contribution in [3.63, 3.8) is 0 Å². The average molecular weight is 370 g/mol. The highest BCUT2D eigenvalue weighted by Gasteiger charge is 2.55. The molecule has 0 aromatic heterocycles. The van der Waals surface area contributed by atoms with Crippen molar-refractivity contribution in [3.8, 4) is 0 Å². The van der Waals surface area contributed by atoms with Gasteiger partial charge in [0.05, 0.1) is 12.2 Å². The summed E-state index contributed by atoms with van der Waals surface area (Å²) in [6, 6.07) is 0. The minimum absolute atomic E-state index is 0.150. The van der Waals surface area contributed by atoms with Gasteiger partial charge >= 0.3 is 12.5 Å². The Morgan fingerprint density at radius 2 is 1.08 bits per heavy atom. The fourth-order valence-corrected chi connectivity index (χ4v) is 3.28. The van der Waals surface area contributed by atoms with E-state index in [2.05, 4.69) is 9.47 Å². The van der Waals surface area contributed by atoms with Crippen LogP contribution in [0, 0.1) is 5.92 Å². The van der Waals surface area contributed by atoms with Crippen molar-refractivity contribution < 1.29 is 44.6 Å². The first-order chi connectivity index (χ1) is 11.0. The van der Waals surface area contributed by atoms with Crippen LogP contribution in [0.4, 0.5) is 35.1 Å². The maximum Gasteiger partial charge on any atom is 0.522 e. The molecule has 0 aromatic carbocycles. The van der Waals surface area contributed by atoms with Crippen LogP contribution in [0.2, 0.25) is 0 Å². The van der Waals surface area contributed by atoms with E-state index in [0.29, 0.717) is 0 Å². The lowest BCUT2D eigenvalue weighted by Crippen LogP contribution is -2.50. The zero-order chi connectivity index (χ0) is 18.1. The van der Waals surface area contributed by atoms with Crippen molar-refractivity contribution >= 4 is 0 Å². The van der Waals surface area contributed by atoms with Gasteiger partial charge in [0.25, 0.3) is 0 Å². The first-order valence-electron chi connectivity index (χ1n) is 7.70. The Morgan fingerprint density at radius 1 is 0.667 bits per heavy atom. The quantitative estimate of drug-likeness (QED) is 0.658. The van der Waals surface area contributed by atoms with Crippen molar-refractivity contribution in [1.82, 2.24) is 0 Å². The predicted octanol–water partition coefficient (Wildman–Crippen LogP) is 4.87. The van der Waals surface area contributed by atoms with E-state index in [-0.39, 0.29) is 25.7 Å². The molecule has 0 N–H and O–H groups in total. The minimum Gasteiger partial charge on any atom is -0.317 e. The first kappa shape index (κ1) is 19.7. The van der Waals surface area contributed by atoms with Gasteiger partial charge in [0.2, 0.25) is 0 Å². The molecule has 2 aliphatic rings. The Kier molecular flexibility index (Phi) is 5.99.